The molecule has 0 radical (unpaired) electrons. The molecule has 1 unspecified atom stereocenters. The molecule has 0 fully saturated rings. The molecule has 0 aliphatic heterocycles. The maximum atomic E-state index is 11.9. The minimum atomic E-state index is -0.169. The van der Waals surface area contributed by atoms with Gasteiger partial charge in [-0.25, -0.2) is 0 Å². The standard InChI is InChI=1S/C18H27N2O2S/c1-5-7-8-15(6-2)11-22-18(21)12-23-17-10-13(3)16(20-19)9-14(17)4/h9-10,15H,5-8,11-12H2,1-4H3/q+1. The summed E-state index contributed by atoms with van der Waals surface area (Å²) in [6.07, 6.45) is 4.53. The molecule has 23 heavy (non-hydrogen) atoms. The minimum absolute atomic E-state index is 0.169. The molecule has 0 aromatic heterocycles. The van der Waals surface area contributed by atoms with Crippen LogP contribution in [0.2, 0.25) is 0 Å². The molecule has 0 bridgehead atoms. The van der Waals surface area contributed by atoms with Crippen molar-refractivity contribution in [2.45, 2.75) is 58.3 Å². The lowest BCUT2D eigenvalue weighted by Crippen LogP contribution is -2.15. The van der Waals surface area contributed by atoms with Gasteiger partial charge < -0.3 is 4.74 Å². The van der Waals surface area contributed by atoms with Gasteiger partial charge in [-0.2, -0.15) is 0 Å². The maximum absolute atomic E-state index is 11.9. The van der Waals surface area contributed by atoms with Crippen molar-refractivity contribution in [1.29, 1.82) is 5.39 Å². The molecule has 0 heterocycles. The van der Waals surface area contributed by atoms with Gasteiger partial charge in [0.15, 0.2) is 4.98 Å². The molecular formula is C18H27N2O2S+. The second-order valence-corrected chi connectivity index (χ2v) is 6.91. The normalized spacial score (nSPS) is 11.8. The topological polar surface area (TPSA) is 54.5 Å². The van der Waals surface area contributed by atoms with E-state index in [0.717, 1.165) is 28.9 Å². The first-order chi connectivity index (χ1) is 11.0. The largest absolute Gasteiger partial charge is 0.465 e. The third kappa shape index (κ3) is 6.62. The smallest absolute Gasteiger partial charge is 0.388 e. The number of aryl methyl sites for hydroxylation is 2. The Bertz CT molecular complexity index is 567. The third-order valence-electron chi connectivity index (χ3n) is 3.97. The van der Waals surface area contributed by atoms with Gasteiger partial charge in [-0.05, 0) is 37.8 Å². The Morgan fingerprint density at radius 3 is 2.65 bits per heavy atom. The molecule has 126 valence electrons. The molecule has 4 nitrogen and oxygen atoms in total. The monoisotopic (exact) mass is 335 g/mol. The zero-order chi connectivity index (χ0) is 17.2. The van der Waals surface area contributed by atoms with Crippen LogP contribution in [-0.2, 0) is 9.53 Å². The molecule has 0 aliphatic carbocycles. The van der Waals surface area contributed by atoms with Crippen molar-refractivity contribution in [2.24, 2.45) is 5.92 Å². The molecule has 0 amide bonds. The zero-order valence-electron chi connectivity index (χ0n) is 14.6. The van der Waals surface area contributed by atoms with Crippen LogP contribution in [0.25, 0.3) is 4.98 Å². The van der Waals surface area contributed by atoms with E-state index in [4.69, 9.17) is 10.1 Å². The Morgan fingerprint density at radius 2 is 2.04 bits per heavy atom. The van der Waals surface area contributed by atoms with Crippen molar-refractivity contribution in [3.63, 3.8) is 0 Å². The summed E-state index contributed by atoms with van der Waals surface area (Å²) in [7, 11) is 0. The fourth-order valence-corrected chi connectivity index (χ4v) is 3.23. The van der Waals surface area contributed by atoms with Crippen LogP contribution in [0.15, 0.2) is 17.0 Å². The lowest BCUT2D eigenvalue weighted by Gasteiger charge is -2.14. The van der Waals surface area contributed by atoms with Gasteiger partial charge in [-0.1, -0.05) is 33.1 Å². The number of nitrogens with zero attached hydrogens (tertiary/aromatic N) is 2. The van der Waals surface area contributed by atoms with Gasteiger partial charge in [0.05, 0.1) is 12.4 Å². The summed E-state index contributed by atoms with van der Waals surface area (Å²) in [6, 6.07) is 3.76. The lowest BCUT2D eigenvalue weighted by atomic mass is 10.0. The molecule has 0 saturated carbocycles. The molecule has 0 aliphatic rings. The Kier molecular flexibility index (Phi) is 8.71. The van der Waals surface area contributed by atoms with E-state index < -0.39 is 0 Å². The van der Waals surface area contributed by atoms with E-state index in [1.54, 1.807) is 0 Å². The Balaban J connectivity index is 2.47. The summed E-state index contributed by atoms with van der Waals surface area (Å²) in [6.45, 7) is 8.67. The molecule has 0 saturated heterocycles. The molecule has 1 aromatic rings. The Labute approximate surface area is 143 Å². The number of hydrogen-bond donors (Lipinski definition) is 0. The van der Waals surface area contributed by atoms with Gasteiger partial charge in [0.1, 0.15) is 0 Å². The highest BCUT2D eigenvalue weighted by atomic mass is 32.2. The van der Waals surface area contributed by atoms with E-state index in [1.165, 1.54) is 24.6 Å². The van der Waals surface area contributed by atoms with Gasteiger partial charge in [-0.3, -0.25) is 4.79 Å². The molecule has 0 N–H and O–H groups in total. The number of unbranched alkanes of at least 4 members (excludes halogenated alkanes) is 1. The predicted molar refractivity (Wildman–Crippen MR) is 95.6 cm³/mol. The molecule has 0 spiro atoms. The van der Waals surface area contributed by atoms with Crippen LogP contribution in [0.1, 0.15) is 50.7 Å². The number of diazo groups is 1. The van der Waals surface area contributed by atoms with E-state index in [9.17, 15) is 4.79 Å². The van der Waals surface area contributed by atoms with Crippen molar-refractivity contribution < 1.29 is 9.53 Å². The fraction of sp³-hybridized carbons (Fsp3) is 0.611. The number of benzene rings is 1. The van der Waals surface area contributed by atoms with Crippen LogP contribution in [-0.4, -0.2) is 18.3 Å². The van der Waals surface area contributed by atoms with Crippen molar-refractivity contribution in [3.8, 4) is 0 Å². The number of carbonyl (C=O) groups excluding carboxylic acids is 1. The van der Waals surface area contributed by atoms with Crippen molar-refractivity contribution in [1.82, 2.24) is 0 Å². The van der Waals surface area contributed by atoms with Gasteiger partial charge in [0, 0.05) is 16.5 Å². The zero-order valence-corrected chi connectivity index (χ0v) is 15.4. The second kappa shape index (κ2) is 10.3. The average Bonchev–Trinajstić information content (AvgIpc) is 2.55. The molecule has 1 atom stereocenters. The van der Waals surface area contributed by atoms with Crippen LogP contribution in [0, 0.1) is 25.2 Å². The lowest BCUT2D eigenvalue weighted by molar-refractivity contribution is -0.141. The first-order valence-electron chi connectivity index (χ1n) is 8.26. The van der Waals surface area contributed by atoms with Gasteiger partial charge in [0.2, 0.25) is 5.39 Å². The number of ether oxygens (including phenoxy) is 1. The minimum Gasteiger partial charge on any atom is -0.465 e. The predicted octanol–water partition coefficient (Wildman–Crippen LogP) is 5.64. The fourth-order valence-electron chi connectivity index (χ4n) is 2.32. The molecule has 1 aromatic carbocycles. The van der Waals surface area contributed by atoms with Crippen LogP contribution in [0.5, 0.6) is 0 Å². The molecule has 5 heteroatoms. The SMILES string of the molecule is CCCCC(CC)COC(=O)CSc1cc(C)c([N+]#N)cc1C. The third-order valence-corrected chi connectivity index (χ3v) is 5.10. The Morgan fingerprint density at radius 1 is 1.30 bits per heavy atom. The highest BCUT2D eigenvalue weighted by Crippen LogP contribution is 2.29. The van der Waals surface area contributed by atoms with E-state index in [0.29, 0.717) is 24.0 Å². The number of esters is 1. The van der Waals surface area contributed by atoms with E-state index in [-0.39, 0.29) is 5.97 Å². The average molecular weight is 335 g/mol. The van der Waals surface area contributed by atoms with E-state index in [1.807, 2.05) is 26.0 Å². The quantitative estimate of drug-likeness (QED) is 0.333. The van der Waals surface area contributed by atoms with E-state index in [2.05, 4.69) is 18.8 Å². The number of carbonyl (C=O) groups is 1. The molecular weight excluding hydrogens is 308 g/mol. The highest BCUT2D eigenvalue weighted by molar-refractivity contribution is 8.00. The summed E-state index contributed by atoms with van der Waals surface area (Å²) in [5.74, 6) is 0.608. The van der Waals surface area contributed by atoms with Crippen LogP contribution in [0.4, 0.5) is 5.69 Å². The summed E-state index contributed by atoms with van der Waals surface area (Å²) in [5, 5.41) is 8.90. The Hall–Kier alpha value is -1.54. The van der Waals surface area contributed by atoms with E-state index >= 15 is 0 Å². The van der Waals surface area contributed by atoms with Crippen LogP contribution < -0.4 is 0 Å². The van der Waals surface area contributed by atoms with Crippen molar-refractivity contribution >= 4 is 23.4 Å². The summed E-state index contributed by atoms with van der Waals surface area (Å²) < 4.78 is 5.41. The van der Waals surface area contributed by atoms with Gasteiger partial charge in [-0.15, -0.1) is 11.8 Å². The first-order valence-corrected chi connectivity index (χ1v) is 9.25. The van der Waals surface area contributed by atoms with Crippen molar-refractivity contribution in [3.05, 3.63) is 28.2 Å². The van der Waals surface area contributed by atoms with Gasteiger partial charge >= 0.3 is 11.7 Å². The van der Waals surface area contributed by atoms with Gasteiger partial charge in [0.25, 0.3) is 0 Å². The number of hydrogen-bond acceptors (Lipinski definition) is 4. The highest BCUT2D eigenvalue weighted by Gasteiger charge is 2.15. The van der Waals surface area contributed by atoms with Crippen LogP contribution in [0.3, 0.4) is 0 Å². The number of thioether (sulfide) groups is 1. The summed E-state index contributed by atoms with van der Waals surface area (Å²) >= 11 is 1.47. The maximum Gasteiger partial charge on any atom is 0.388 e. The first kappa shape index (κ1) is 19.5. The summed E-state index contributed by atoms with van der Waals surface area (Å²) in [5.41, 5.74) is 2.45. The van der Waals surface area contributed by atoms with Crippen molar-refractivity contribution in [2.75, 3.05) is 12.4 Å². The summed E-state index contributed by atoms with van der Waals surface area (Å²) in [4.78, 5) is 16.2. The second-order valence-electron chi connectivity index (χ2n) is 5.89. The molecule has 1 rings (SSSR count). The number of rotatable bonds is 9. The van der Waals surface area contributed by atoms with Crippen LogP contribution >= 0.6 is 11.8 Å².